The number of benzene rings is 1. The van der Waals surface area contributed by atoms with Crippen molar-refractivity contribution < 1.29 is 9.47 Å². The van der Waals surface area contributed by atoms with E-state index >= 15 is 0 Å². The molecule has 1 aromatic carbocycles. The van der Waals surface area contributed by atoms with E-state index in [2.05, 4.69) is 4.98 Å². The van der Waals surface area contributed by atoms with Gasteiger partial charge in [0.2, 0.25) is 0 Å². The van der Waals surface area contributed by atoms with Gasteiger partial charge in [-0.15, -0.1) is 0 Å². The van der Waals surface area contributed by atoms with Gasteiger partial charge in [-0.2, -0.15) is 5.26 Å². The number of hydrogen-bond donors (Lipinski definition) is 2. The average molecular weight is 274 g/mol. The van der Waals surface area contributed by atoms with Gasteiger partial charge >= 0.3 is 5.69 Å². The largest absolute Gasteiger partial charge is 0.493 e. The summed E-state index contributed by atoms with van der Waals surface area (Å²) in [4.78, 5) is 14.1. The van der Waals surface area contributed by atoms with Crippen LogP contribution in [0.3, 0.4) is 0 Å². The maximum atomic E-state index is 11.7. The van der Waals surface area contributed by atoms with E-state index in [9.17, 15) is 4.79 Å². The summed E-state index contributed by atoms with van der Waals surface area (Å²) >= 11 is 0. The second kappa shape index (κ2) is 5.40. The number of hydrogen-bond acceptors (Lipinski definition) is 5. The molecule has 104 valence electrons. The average Bonchev–Trinajstić information content (AvgIpc) is 2.74. The molecule has 1 heterocycles. The van der Waals surface area contributed by atoms with Crippen LogP contribution in [-0.4, -0.2) is 23.8 Å². The molecule has 7 nitrogen and oxygen atoms in total. The number of nitrogens with two attached hydrogens (primary N) is 1. The highest BCUT2D eigenvalue weighted by molar-refractivity contribution is 5.46. The van der Waals surface area contributed by atoms with Gasteiger partial charge < -0.3 is 15.2 Å². The quantitative estimate of drug-likeness (QED) is 0.853. The van der Waals surface area contributed by atoms with Crippen molar-refractivity contribution in [3.8, 4) is 17.6 Å². The molecule has 0 aliphatic heterocycles. The minimum atomic E-state index is -0.422. The van der Waals surface area contributed by atoms with E-state index in [-0.39, 0.29) is 18.1 Å². The Labute approximate surface area is 115 Å². The second-order valence-corrected chi connectivity index (χ2v) is 4.08. The Morgan fingerprint density at radius 2 is 2.05 bits per heavy atom. The molecule has 7 heteroatoms. The van der Waals surface area contributed by atoms with E-state index in [0.717, 1.165) is 5.56 Å². The van der Waals surface area contributed by atoms with Crippen molar-refractivity contribution in [3.63, 3.8) is 0 Å². The fraction of sp³-hybridized carbons (Fsp3) is 0.231. The Morgan fingerprint density at radius 1 is 1.35 bits per heavy atom. The summed E-state index contributed by atoms with van der Waals surface area (Å²) in [5.41, 5.74) is 6.19. The number of nitrogens with zero attached hydrogens (tertiary/aromatic N) is 2. The third-order valence-corrected chi connectivity index (χ3v) is 2.92. The number of methoxy groups -OCH3 is 2. The Bertz CT molecular complexity index is 724. The van der Waals surface area contributed by atoms with E-state index in [1.54, 1.807) is 25.3 Å². The third kappa shape index (κ3) is 2.31. The van der Waals surface area contributed by atoms with Crippen LogP contribution in [0.2, 0.25) is 0 Å². The molecule has 0 bridgehead atoms. The number of ether oxygens (including phenoxy) is 2. The number of aromatic amines is 1. The SMILES string of the molecule is COc1ccc(Cn2c(N)c(C#N)[nH]c2=O)cc1OC. The maximum Gasteiger partial charge on any atom is 0.328 e. The number of rotatable bonds is 4. The van der Waals surface area contributed by atoms with E-state index in [0.29, 0.717) is 11.5 Å². The lowest BCUT2D eigenvalue weighted by atomic mass is 10.2. The first-order valence-corrected chi connectivity index (χ1v) is 5.80. The van der Waals surface area contributed by atoms with E-state index in [1.807, 2.05) is 6.07 Å². The number of anilines is 1. The molecule has 2 rings (SSSR count). The van der Waals surface area contributed by atoms with Crippen LogP contribution < -0.4 is 20.9 Å². The van der Waals surface area contributed by atoms with Crippen molar-refractivity contribution in [2.75, 3.05) is 20.0 Å². The number of H-pyrrole nitrogens is 1. The lowest BCUT2D eigenvalue weighted by molar-refractivity contribution is 0.354. The van der Waals surface area contributed by atoms with Crippen molar-refractivity contribution in [2.24, 2.45) is 0 Å². The molecule has 2 aromatic rings. The van der Waals surface area contributed by atoms with Crippen LogP contribution in [0.5, 0.6) is 11.5 Å². The minimum absolute atomic E-state index is 0.0653. The van der Waals surface area contributed by atoms with Gasteiger partial charge in [0.15, 0.2) is 17.2 Å². The molecule has 0 unspecified atom stereocenters. The fourth-order valence-electron chi connectivity index (χ4n) is 1.89. The van der Waals surface area contributed by atoms with E-state index < -0.39 is 5.69 Å². The highest BCUT2D eigenvalue weighted by Gasteiger charge is 2.12. The molecule has 0 aliphatic rings. The molecule has 0 radical (unpaired) electrons. The second-order valence-electron chi connectivity index (χ2n) is 4.08. The standard InChI is InChI=1S/C13H14N4O3/c1-19-10-4-3-8(5-11(10)20-2)7-17-12(15)9(6-14)16-13(17)18/h3-5H,7,15H2,1-2H3,(H,16,18). The Kier molecular flexibility index (Phi) is 3.66. The Balaban J connectivity index is 2.38. The lowest BCUT2D eigenvalue weighted by Crippen LogP contribution is -2.19. The Morgan fingerprint density at radius 3 is 2.60 bits per heavy atom. The van der Waals surface area contributed by atoms with E-state index in [4.69, 9.17) is 20.5 Å². The van der Waals surface area contributed by atoms with Gasteiger partial charge in [0, 0.05) is 0 Å². The minimum Gasteiger partial charge on any atom is -0.493 e. The zero-order valence-electron chi connectivity index (χ0n) is 11.1. The molecule has 0 spiro atoms. The molecule has 20 heavy (non-hydrogen) atoms. The predicted molar refractivity (Wildman–Crippen MR) is 72.8 cm³/mol. The predicted octanol–water partition coefficient (Wildman–Crippen LogP) is 0.696. The molecular weight excluding hydrogens is 260 g/mol. The van der Waals surface area contributed by atoms with Crippen LogP contribution in [0.1, 0.15) is 11.3 Å². The molecular formula is C13H14N4O3. The smallest absolute Gasteiger partial charge is 0.328 e. The van der Waals surface area contributed by atoms with Crippen LogP contribution in [-0.2, 0) is 6.54 Å². The van der Waals surface area contributed by atoms with E-state index in [1.165, 1.54) is 11.7 Å². The van der Waals surface area contributed by atoms with Crippen LogP contribution in [0.4, 0.5) is 5.82 Å². The summed E-state index contributed by atoms with van der Waals surface area (Å²) in [6.07, 6.45) is 0. The molecule has 0 fully saturated rings. The summed E-state index contributed by atoms with van der Waals surface area (Å²) in [6, 6.07) is 7.13. The van der Waals surface area contributed by atoms with Crippen molar-refractivity contribution >= 4 is 5.82 Å². The van der Waals surface area contributed by atoms with Gasteiger partial charge in [-0.1, -0.05) is 6.07 Å². The molecule has 0 amide bonds. The number of nitrogens with one attached hydrogen (secondary N) is 1. The van der Waals surface area contributed by atoms with Gasteiger partial charge in [0.05, 0.1) is 20.8 Å². The molecule has 0 saturated carbocycles. The zero-order valence-corrected chi connectivity index (χ0v) is 11.1. The molecule has 1 aromatic heterocycles. The first-order chi connectivity index (χ1) is 9.60. The third-order valence-electron chi connectivity index (χ3n) is 2.92. The van der Waals surface area contributed by atoms with Crippen LogP contribution in [0.15, 0.2) is 23.0 Å². The van der Waals surface area contributed by atoms with Crippen LogP contribution in [0, 0.1) is 11.3 Å². The summed E-state index contributed by atoms with van der Waals surface area (Å²) in [6.45, 7) is 0.239. The van der Waals surface area contributed by atoms with Crippen molar-refractivity contribution in [2.45, 2.75) is 6.54 Å². The summed E-state index contributed by atoms with van der Waals surface area (Å²) < 4.78 is 11.6. The normalized spacial score (nSPS) is 10.1. The summed E-state index contributed by atoms with van der Waals surface area (Å²) in [5, 5.41) is 8.82. The topological polar surface area (TPSA) is 106 Å². The van der Waals surface area contributed by atoms with Crippen molar-refractivity contribution in [1.82, 2.24) is 9.55 Å². The summed E-state index contributed by atoms with van der Waals surface area (Å²) in [7, 11) is 3.08. The Hall–Kier alpha value is -2.88. The first-order valence-electron chi connectivity index (χ1n) is 5.80. The fourth-order valence-corrected chi connectivity index (χ4v) is 1.89. The van der Waals surface area contributed by atoms with Crippen molar-refractivity contribution in [3.05, 3.63) is 39.9 Å². The van der Waals surface area contributed by atoms with Gasteiger partial charge in [-0.3, -0.25) is 9.55 Å². The van der Waals surface area contributed by atoms with Gasteiger partial charge in [0.25, 0.3) is 0 Å². The highest BCUT2D eigenvalue weighted by Crippen LogP contribution is 2.27. The number of aromatic nitrogens is 2. The molecule has 0 aliphatic carbocycles. The van der Waals surface area contributed by atoms with Crippen molar-refractivity contribution in [1.29, 1.82) is 5.26 Å². The highest BCUT2D eigenvalue weighted by atomic mass is 16.5. The monoisotopic (exact) mass is 274 g/mol. The van der Waals surface area contributed by atoms with Crippen LogP contribution in [0.25, 0.3) is 0 Å². The lowest BCUT2D eigenvalue weighted by Gasteiger charge is -2.10. The first kappa shape index (κ1) is 13.5. The molecule has 0 atom stereocenters. The summed E-state index contributed by atoms with van der Waals surface area (Å²) in [5.74, 6) is 1.28. The number of nitriles is 1. The number of imidazole rings is 1. The van der Waals surface area contributed by atoms with Gasteiger partial charge in [-0.25, -0.2) is 4.79 Å². The number of nitrogen functional groups attached to an aromatic ring is 1. The van der Waals surface area contributed by atoms with Gasteiger partial charge in [-0.05, 0) is 17.7 Å². The van der Waals surface area contributed by atoms with Gasteiger partial charge in [0.1, 0.15) is 11.9 Å². The molecule has 0 saturated heterocycles. The van der Waals surface area contributed by atoms with Crippen LogP contribution >= 0.6 is 0 Å². The zero-order chi connectivity index (χ0) is 14.7. The molecule has 3 N–H and O–H groups in total. The maximum absolute atomic E-state index is 11.7.